The average molecular weight is 368 g/mol. The first-order chi connectivity index (χ1) is 8.52. The van der Waals surface area contributed by atoms with Crippen LogP contribution < -0.4 is 0 Å². The van der Waals surface area contributed by atoms with Crippen LogP contribution in [0.1, 0.15) is 5.56 Å². The molecule has 2 aromatic rings. The molecule has 0 N–H and O–H groups in total. The van der Waals surface area contributed by atoms with Gasteiger partial charge in [0.15, 0.2) is 0 Å². The fourth-order valence-corrected chi connectivity index (χ4v) is 2.60. The third-order valence-electron chi connectivity index (χ3n) is 2.46. The molecule has 0 fully saturated rings. The van der Waals surface area contributed by atoms with Gasteiger partial charge in [-0.3, -0.25) is 0 Å². The zero-order chi connectivity index (χ0) is 13.3. The number of benzene rings is 2. The lowest BCUT2D eigenvalue weighted by atomic mass is 10.0. The summed E-state index contributed by atoms with van der Waals surface area (Å²) in [7, 11) is 0. The molecule has 0 amide bonds. The van der Waals surface area contributed by atoms with Crippen molar-refractivity contribution < 1.29 is 4.39 Å². The molecule has 94 valence electrons. The highest BCUT2D eigenvalue weighted by Crippen LogP contribution is 2.38. The Morgan fingerprint density at radius 2 is 1.72 bits per heavy atom. The quantitative estimate of drug-likeness (QED) is 0.428. The summed E-state index contributed by atoms with van der Waals surface area (Å²) in [6.07, 6.45) is 0. The summed E-state index contributed by atoms with van der Waals surface area (Å²) < 4.78 is 13.5. The van der Waals surface area contributed by atoms with Crippen molar-refractivity contribution >= 4 is 50.7 Å². The van der Waals surface area contributed by atoms with Crippen molar-refractivity contribution in [3.05, 3.63) is 56.8 Å². The van der Waals surface area contributed by atoms with Gasteiger partial charge in [-0.25, -0.2) is 4.39 Å². The van der Waals surface area contributed by atoms with E-state index >= 15 is 0 Å². The first-order valence-electron chi connectivity index (χ1n) is 5.02. The number of hydrogen-bond donors (Lipinski definition) is 0. The normalized spacial score (nSPS) is 10.7. The van der Waals surface area contributed by atoms with Crippen LogP contribution in [0, 0.1) is 5.82 Å². The lowest BCUT2D eigenvalue weighted by molar-refractivity contribution is 0.627. The smallest absolute Gasteiger partial charge is 0.124 e. The molecule has 2 rings (SSSR count). The maximum atomic E-state index is 13.5. The van der Waals surface area contributed by atoms with E-state index in [1.807, 2.05) is 6.07 Å². The lowest BCUT2D eigenvalue weighted by Gasteiger charge is -2.09. The van der Waals surface area contributed by atoms with E-state index in [-0.39, 0.29) is 10.8 Å². The van der Waals surface area contributed by atoms with Crippen molar-refractivity contribution in [1.82, 2.24) is 0 Å². The van der Waals surface area contributed by atoms with Gasteiger partial charge < -0.3 is 0 Å². The number of alkyl halides is 1. The fourth-order valence-electron chi connectivity index (χ4n) is 1.63. The van der Waals surface area contributed by atoms with Gasteiger partial charge in [0.25, 0.3) is 0 Å². The van der Waals surface area contributed by atoms with Crippen LogP contribution in [0.2, 0.25) is 15.1 Å². The highest BCUT2D eigenvalue weighted by molar-refractivity contribution is 9.08. The van der Waals surface area contributed by atoms with Crippen LogP contribution in [0.5, 0.6) is 0 Å². The van der Waals surface area contributed by atoms with Gasteiger partial charge in [-0.05, 0) is 29.3 Å². The Morgan fingerprint density at radius 3 is 2.39 bits per heavy atom. The van der Waals surface area contributed by atoms with E-state index in [9.17, 15) is 4.39 Å². The second-order valence-corrected chi connectivity index (χ2v) is 5.43. The van der Waals surface area contributed by atoms with Gasteiger partial charge >= 0.3 is 0 Å². The standard InChI is InChI=1S/C13H7BrCl3F/c14-6-7-3-8(5-9(18)4-7)10-1-2-11(15)13(17)12(10)16/h1-5H,6H2. The summed E-state index contributed by atoms with van der Waals surface area (Å²) in [6.45, 7) is 0. The molecule has 5 heteroatoms. The van der Waals surface area contributed by atoms with Crippen LogP contribution in [0.25, 0.3) is 11.1 Å². The van der Waals surface area contributed by atoms with E-state index in [2.05, 4.69) is 15.9 Å². The van der Waals surface area contributed by atoms with Crippen LogP contribution in [0.3, 0.4) is 0 Å². The molecule has 2 aromatic carbocycles. The molecule has 18 heavy (non-hydrogen) atoms. The minimum atomic E-state index is -0.316. The minimum Gasteiger partial charge on any atom is -0.207 e. The molecule has 0 unspecified atom stereocenters. The Hall–Kier alpha value is -0.280. The molecule has 0 aliphatic heterocycles. The summed E-state index contributed by atoms with van der Waals surface area (Å²) in [4.78, 5) is 0. The molecule has 0 aliphatic carbocycles. The monoisotopic (exact) mass is 366 g/mol. The Bertz CT molecular complexity index is 599. The summed E-state index contributed by atoms with van der Waals surface area (Å²) >= 11 is 21.3. The molecule has 0 heterocycles. The molecule has 0 saturated carbocycles. The summed E-state index contributed by atoms with van der Waals surface area (Å²) in [5, 5.41) is 1.55. The Balaban J connectivity index is 2.62. The van der Waals surface area contributed by atoms with Gasteiger partial charge in [0, 0.05) is 10.9 Å². The second kappa shape index (κ2) is 5.79. The molecule has 0 spiro atoms. The molecular formula is C13H7BrCl3F. The zero-order valence-corrected chi connectivity index (χ0v) is 12.8. The van der Waals surface area contributed by atoms with Crippen molar-refractivity contribution in [2.24, 2.45) is 0 Å². The molecule has 0 aromatic heterocycles. The number of hydrogen-bond acceptors (Lipinski definition) is 0. The molecule has 0 saturated heterocycles. The van der Waals surface area contributed by atoms with Gasteiger partial charge in [0.2, 0.25) is 0 Å². The van der Waals surface area contributed by atoms with Crippen LogP contribution in [0.15, 0.2) is 30.3 Å². The highest BCUT2D eigenvalue weighted by atomic mass is 79.9. The first-order valence-corrected chi connectivity index (χ1v) is 7.27. The third-order valence-corrected chi connectivity index (χ3v) is 4.40. The van der Waals surface area contributed by atoms with Crippen molar-refractivity contribution in [3.63, 3.8) is 0 Å². The molecular weight excluding hydrogens is 361 g/mol. The largest absolute Gasteiger partial charge is 0.207 e. The van der Waals surface area contributed by atoms with Crippen LogP contribution in [-0.4, -0.2) is 0 Å². The average Bonchev–Trinajstić information content (AvgIpc) is 2.35. The Labute approximate surface area is 128 Å². The van der Waals surface area contributed by atoms with Crippen LogP contribution >= 0.6 is 50.7 Å². The third kappa shape index (κ3) is 2.83. The van der Waals surface area contributed by atoms with E-state index in [1.54, 1.807) is 12.1 Å². The Kier molecular flexibility index (Phi) is 4.54. The van der Waals surface area contributed by atoms with Crippen LogP contribution in [-0.2, 0) is 5.33 Å². The van der Waals surface area contributed by atoms with E-state index < -0.39 is 0 Å². The van der Waals surface area contributed by atoms with Crippen molar-refractivity contribution in [2.45, 2.75) is 5.33 Å². The predicted molar refractivity (Wildman–Crippen MR) is 79.5 cm³/mol. The van der Waals surface area contributed by atoms with Crippen molar-refractivity contribution in [2.75, 3.05) is 0 Å². The lowest BCUT2D eigenvalue weighted by Crippen LogP contribution is -1.87. The summed E-state index contributed by atoms with van der Waals surface area (Å²) in [5.74, 6) is -0.316. The summed E-state index contributed by atoms with van der Waals surface area (Å²) in [5.41, 5.74) is 2.16. The van der Waals surface area contributed by atoms with E-state index in [1.165, 1.54) is 12.1 Å². The van der Waals surface area contributed by atoms with E-state index in [0.717, 1.165) is 5.56 Å². The Morgan fingerprint density at radius 1 is 1.00 bits per heavy atom. The highest BCUT2D eigenvalue weighted by Gasteiger charge is 2.11. The predicted octanol–water partition coefficient (Wildman–Crippen LogP) is 6.35. The summed E-state index contributed by atoms with van der Waals surface area (Å²) in [6, 6.07) is 8.09. The van der Waals surface area contributed by atoms with Gasteiger partial charge in [0.1, 0.15) is 5.82 Å². The second-order valence-electron chi connectivity index (χ2n) is 3.70. The molecule has 0 aliphatic rings. The molecule has 0 bridgehead atoms. The van der Waals surface area contributed by atoms with Crippen molar-refractivity contribution in [3.8, 4) is 11.1 Å². The van der Waals surface area contributed by atoms with Gasteiger partial charge in [0.05, 0.1) is 15.1 Å². The SMILES string of the molecule is Fc1cc(CBr)cc(-c2ccc(Cl)c(Cl)c2Cl)c1. The van der Waals surface area contributed by atoms with Gasteiger partial charge in [-0.1, -0.05) is 62.9 Å². The van der Waals surface area contributed by atoms with E-state index in [0.29, 0.717) is 26.5 Å². The van der Waals surface area contributed by atoms with Gasteiger partial charge in [-0.2, -0.15) is 0 Å². The molecule has 0 nitrogen and oxygen atoms in total. The zero-order valence-electron chi connectivity index (χ0n) is 8.98. The van der Waals surface area contributed by atoms with Crippen LogP contribution in [0.4, 0.5) is 4.39 Å². The first kappa shape index (κ1) is 14.1. The number of rotatable bonds is 2. The van der Waals surface area contributed by atoms with Crippen molar-refractivity contribution in [1.29, 1.82) is 0 Å². The van der Waals surface area contributed by atoms with E-state index in [4.69, 9.17) is 34.8 Å². The minimum absolute atomic E-state index is 0.278. The topological polar surface area (TPSA) is 0 Å². The maximum absolute atomic E-state index is 13.5. The maximum Gasteiger partial charge on any atom is 0.124 e. The molecule has 0 atom stereocenters. The fraction of sp³-hybridized carbons (Fsp3) is 0.0769. The number of halogens is 5. The van der Waals surface area contributed by atoms with Gasteiger partial charge in [-0.15, -0.1) is 0 Å². The molecule has 0 radical (unpaired) electrons.